The smallest absolute Gasteiger partial charge is 0.0563 e. The highest BCUT2D eigenvalue weighted by Crippen LogP contribution is 2.48. The predicted octanol–water partition coefficient (Wildman–Crippen LogP) is 1.19. The molecule has 8 heavy (non-hydrogen) atoms. The van der Waals surface area contributed by atoms with Crippen molar-refractivity contribution >= 4 is 29.7 Å². The van der Waals surface area contributed by atoms with Crippen LogP contribution < -0.4 is 0 Å². The zero-order chi connectivity index (χ0) is 6.04. The average molecular weight is 169 g/mol. The summed E-state index contributed by atoms with van der Waals surface area (Å²) in [5.74, 6) is 0. The fraction of sp³-hybridized carbons (Fsp3) is 1.00. The summed E-state index contributed by atoms with van der Waals surface area (Å²) in [5, 5.41) is 0. The van der Waals surface area contributed by atoms with E-state index in [9.17, 15) is 0 Å². The van der Waals surface area contributed by atoms with E-state index in [-0.39, 0.29) is 0 Å². The minimum absolute atomic E-state index is 0.681. The van der Waals surface area contributed by atoms with Crippen LogP contribution >= 0.6 is 5.69 Å². The summed E-state index contributed by atoms with van der Waals surface area (Å²) in [7, 11) is 0. The molecule has 0 aromatic heterocycles. The van der Waals surface area contributed by atoms with Gasteiger partial charge in [-0.15, -0.1) is 0 Å². The zero-order valence-electron chi connectivity index (χ0n) is 4.20. The lowest BCUT2D eigenvalue weighted by Crippen LogP contribution is -2.05. The summed E-state index contributed by atoms with van der Waals surface area (Å²) in [5.41, 5.74) is -2.17. The Morgan fingerprint density at radius 3 is 2.12 bits per heavy atom. The Hall–Kier alpha value is 0.920. The molecule has 0 N–H and O–H groups in total. The van der Waals surface area contributed by atoms with Crippen LogP contribution in [-0.2, 0) is 33.1 Å². The van der Waals surface area contributed by atoms with Gasteiger partial charge in [-0.25, -0.2) is 0 Å². The van der Waals surface area contributed by atoms with E-state index >= 15 is 0 Å². The number of rotatable bonds is 0. The Morgan fingerprint density at radius 2 is 1.88 bits per heavy atom. The molecule has 1 aliphatic rings. The van der Waals surface area contributed by atoms with E-state index in [2.05, 4.69) is 0 Å². The molecule has 0 spiro atoms. The second-order valence-electron chi connectivity index (χ2n) is 1.47. The van der Waals surface area contributed by atoms with Crippen molar-refractivity contribution in [3.63, 3.8) is 0 Å². The second kappa shape index (κ2) is 2.67. The Labute approximate surface area is 58.9 Å². The van der Waals surface area contributed by atoms with Crippen LogP contribution in [0.1, 0.15) is 6.42 Å². The second-order valence-corrected chi connectivity index (χ2v) is 6.46. The van der Waals surface area contributed by atoms with E-state index in [4.69, 9.17) is 33.1 Å². The predicted molar refractivity (Wildman–Crippen MR) is 38.2 cm³/mol. The van der Waals surface area contributed by atoms with Crippen molar-refractivity contribution in [1.82, 2.24) is 0 Å². The molecule has 0 unspecified atom stereocenters. The Kier molecular flexibility index (Phi) is 2.35. The first-order chi connectivity index (χ1) is 3.71. The van der Waals surface area contributed by atoms with Gasteiger partial charge in [0, 0.05) is 0 Å². The molecule has 0 aromatic carbocycles. The fourth-order valence-corrected chi connectivity index (χ4v) is 2.12. The van der Waals surface area contributed by atoms with Crippen molar-refractivity contribution < 1.29 is 9.05 Å². The van der Waals surface area contributed by atoms with Crippen LogP contribution in [0.2, 0.25) is 0 Å². The van der Waals surface area contributed by atoms with Gasteiger partial charge in [-0.1, -0.05) is 11.8 Å². The normalized spacial score (nSPS) is 27.6. The standard InChI is InChI=1S/C3H7O2PS2/c7-6(8)4-2-1-3-5-6/h1-3H2,(H,7,8)/p-1. The van der Waals surface area contributed by atoms with Crippen molar-refractivity contribution in [3.8, 4) is 0 Å². The minimum Gasteiger partial charge on any atom is -0.691 e. The van der Waals surface area contributed by atoms with Gasteiger partial charge in [0.2, 0.25) is 0 Å². The minimum atomic E-state index is -2.17. The molecule has 0 atom stereocenters. The summed E-state index contributed by atoms with van der Waals surface area (Å²) >= 11 is 9.55. The SMILES string of the molecule is S=P1([S-])OCCCO1. The maximum absolute atomic E-state index is 4.98. The highest BCUT2D eigenvalue weighted by Gasteiger charge is 2.06. The molecule has 0 aromatic rings. The van der Waals surface area contributed by atoms with Gasteiger partial charge in [0.25, 0.3) is 0 Å². The molecule has 0 aliphatic carbocycles. The quantitative estimate of drug-likeness (QED) is 0.400. The molecule has 48 valence electrons. The molecule has 0 bridgehead atoms. The molecular weight excluding hydrogens is 163 g/mol. The zero-order valence-corrected chi connectivity index (χ0v) is 6.73. The van der Waals surface area contributed by atoms with Crippen molar-refractivity contribution in [2.75, 3.05) is 13.2 Å². The first kappa shape index (κ1) is 7.03. The van der Waals surface area contributed by atoms with E-state index < -0.39 is 5.69 Å². The highest BCUT2D eigenvalue weighted by atomic mass is 32.9. The van der Waals surface area contributed by atoms with Crippen LogP contribution in [0.25, 0.3) is 0 Å². The fourth-order valence-electron chi connectivity index (χ4n) is 0.449. The molecule has 1 heterocycles. The maximum Gasteiger partial charge on any atom is 0.0563 e. The first-order valence-corrected chi connectivity index (χ1v) is 5.96. The molecule has 1 fully saturated rings. The molecule has 1 saturated heterocycles. The molecule has 0 amide bonds. The van der Waals surface area contributed by atoms with E-state index in [0.29, 0.717) is 13.2 Å². The van der Waals surface area contributed by atoms with Crippen molar-refractivity contribution in [3.05, 3.63) is 0 Å². The highest BCUT2D eigenvalue weighted by molar-refractivity contribution is 8.51. The van der Waals surface area contributed by atoms with Gasteiger partial charge < -0.3 is 21.3 Å². The summed E-state index contributed by atoms with van der Waals surface area (Å²) in [4.78, 5) is 0. The summed E-state index contributed by atoms with van der Waals surface area (Å²) < 4.78 is 9.97. The summed E-state index contributed by atoms with van der Waals surface area (Å²) in [6, 6.07) is 0. The molecule has 0 saturated carbocycles. The number of hydrogen-bond acceptors (Lipinski definition) is 4. The molecule has 1 rings (SSSR count). The lowest BCUT2D eigenvalue weighted by molar-refractivity contribution is 0.191. The molecule has 2 nitrogen and oxygen atoms in total. The third-order valence-corrected chi connectivity index (χ3v) is 3.05. The van der Waals surface area contributed by atoms with Gasteiger partial charge in [-0.05, 0) is 6.42 Å². The molecular formula is C3H6O2PS2-. The first-order valence-electron chi connectivity index (χ1n) is 2.31. The van der Waals surface area contributed by atoms with Crippen LogP contribution in [0, 0.1) is 0 Å². The van der Waals surface area contributed by atoms with Crippen LogP contribution in [0.5, 0.6) is 0 Å². The molecule has 5 heteroatoms. The van der Waals surface area contributed by atoms with Crippen molar-refractivity contribution in [2.45, 2.75) is 6.42 Å². The largest absolute Gasteiger partial charge is 0.691 e. The molecule has 1 aliphatic heterocycles. The monoisotopic (exact) mass is 169 g/mol. The van der Waals surface area contributed by atoms with Crippen LogP contribution in [0.15, 0.2) is 0 Å². The molecule has 0 radical (unpaired) electrons. The van der Waals surface area contributed by atoms with E-state index in [1.807, 2.05) is 0 Å². The lowest BCUT2D eigenvalue weighted by atomic mass is 10.5. The third-order valence-electron chi connectivity index (χ3n) is 0.787. The topological polar surface area (TPSA) is 18.5 Å². The lowest BCUT2D eigenvalue weighted by Gasteiger charge is -2.31. The van der Waals surface area contributed by atoms with Gasteiger partial charge in [0.05, 0.1) is 18.9 Å². The van der Waals surface area contributed by atoms with E-state index in [0.717, 1.165) is 6.42 Å². The van der Waals surface area contributed by atoms with Crippen LogP contribution in [0.3, 0.4) is 0 Å². The van der Waals surface area contributed by atoms with Gasteiger partial charge in [0.15, 0.2) is 0 Å². The number of hydrogen-bond donors (Lipinski definition) is 0. The maximum atomic E-state index is 4.98. The average Bonchev–Trinajstić information content (AvgIpc) is 1.65. The van der Waals surface area contributed by atoms with Crippen LogP contribution in [-0.4, -0.2) is 13.2 Å². The van der Waals surface area contributed by atoms with Crippen molar-refractivity contribution in [2.24, 2.45) is 0 Å². The Balaban J connectivity index is 2.45. The summed E-state index contributed by atoms with van der Waals surface area (Å²) in [6.45, 7) is 1.36. The van der Waals surface area contributed by atoms with Gasteiger partial charge in [-0.3, -0.25) is 0 Å². The third kappa shape index (κ3) is 2.03. The van der Waals surface area contributed by atoms with Gasteiger partial charge in [-0.2, -0.15) is 0 Å². The summed E-state index contributed by atoms with van der Waals surface area (Å²) in [6.07, 6.45) is 0.926. The van der Waals surface area contributed by atoms with Gasteiger partial charge >= 0.3 is 0 Å². The van der Waals surface area contributed by atoms with E-state index in [1.54, 1.807) is 0 Å². The Bertz CT molecular complexity index is 116. The van der Waals surface area contributed by atoms with Gasteiger partial charge in [0.1, 0.15) is 0 Å². The van der Waals surface area contributed by atoms with Crippen molar-refractivity contribution in [1.29, 1.82) is 0 Å². The van der Waals surface area contributed by atoms with Crippen LogP contribution in [0.4, 0.5) is 0 Å². The Morgan fingerprint density at radius 1 is 1.38 bits per heavy atom. The van der Waals surface area contributed by atoms with E-state index in [1.165, 1.54) is 0 Å².